The number of nitrogens with one attached hydrogen (secondary N) is 1. The van der Waals surface area contributed by atoms with Crippen LogP contribution in [-0.4, -0.2) is 19.3 Å². The average molecular weight is 237 g/mol. The molecule has 0 radical (unpaired) electrons. The Balaban J connectivity index is 2.07. The fourth-order valence-electron chi connectivity index (χ4n) is 2.99. The minimum Gasteiger partial charge on any atom is -0.378 e. The van der Waals surface area contributed by atoms with Crippen molar-refractivity contribution in [2.45, 2.75) is 25.0 Å². The second kappa shape index (κ2) is 4.05. The summed E-state index contributed by atoms with van der Waals surface area (Å²) in [4.78, 5) is 5.38. The molecule has 0 aliphatic carbocycles. The van der Waals surface area contributed by atoms with Crippen molar-refractivity contribution in [3.63, 3.8) is 0 Å². The molecule has 0 bridgehead atoms. The second-order valence-corrected chi connectivity index (χ2v) is 4.80. The fourth-order valence-corrected chi connectivity index (χ4v) is 2.99. The molecule has 0 amide bonds. The third-order valence-corrected chi connectivity index (χ3v) is 3.95. The van der Waals surface area contributed by atoms with Crippen LogP contribution in [0.25, 0.3) is 0 Å². The van der Waals surface area contributed by atoms with Crippen LogP contribution in [-0.2, 0) is 15.1 Å². The lowest BCUT2D eigenvalue weighted by atomic mass is 9.73. The molecule has 0 aromatic heterocycles. The van der Waals surface area contributed by atoms with E-state index < -0.39 is 5.54 Å². The van der Waals surface area contributed by atoms with E-state index in [1.165, 1.54) is 6.07 Å². The summed E-state index contributed by atoms with van der Waals surface area (Å²) in [6, 6.07) is 6.91. The molecule has 2 aliphatic heterocycles. The summed E-state index contributed by atoms with van der Waals surface area (Å²) in [5, 5.41) is 0. The molecule has 1 aromatic carbocycles. The summed E-state index contributed by atoms with van der Waals surface area (Å²) >= 11 is 0. The number of halogens is 1. The number of ether oxygens (including phenoxy) is 1. The molecule has 0 saturated carbocycles. The standard InChI is InChI=1S/C13H16FNO2/c1-9-11-8-17-15-13(11,6-7-16-9)10-4-2-3-5-12(10)14/h2-5,9,11,15H,6-8H2,1H3/t9-,11-,13-/m1/s1. The smallest absolute Gasteiger partial charge is 0.128 e. The molecule has 3 nitrogen and oxygen atoms in total. The third kappa shape index (κ3) is 1.59. The molecule has 3 rings (SSSR count). The first-order valence-corrected chi connectivity index (χ1v) is 5.99. The molecule has 3 atom stereocenters. The van der Waals surface area contributed by atoms with Gasteiger partial charge in [-0.25, -0.2) is 4.39 Å². The number of hydroxylamine groups is 1. The highest BCUT2D eigenvalue weighted by Gasteiger charge is 2.51. The molecule has 2 fully saturated rings. The Morgan fingerprint density at radius 2 is 2.24 bits per heavy atom. The normalized spacial score (nSPS) is 36.8. The molecule has 2 heterocycles. The van der Waals surface area contributed by atoms with Crippen molar-refractivity contribution in [3.05, 3.63) is 35.6 Å². The van der Waals surface area contributed by atoms with Gasteiger partial charge in [0.15, 0.2) is 0 Å². The first-order chi connectivity index (χ1) is 8.24. The zero-order valence-electron chi connectivity index (χ0n) is 9.78. The summed E-state index contributed by atoms with van der Waals surface area (Å²) in [5.74, 6) is -0.0160. The molecular weight excluding hydrogens is 221 g/mol. The molecule has 1 aromatic rings. The monoisotopic (exact) mass is 237 g/mol. The third-order valence-electron chi connectivity index (χ3n) is 3.95. The van der Waals surface area contributed by atoms with Crippen LogP contribution < -0.4 is 5.48 Å². The van der Waals surface area contributed by atoms with Gasteiger partial charge < -0.3 is 9.57 Å². The number of fused-ring (bicyclic) bond motifs is 1. The van der Waals surface area contributed by atoms with Gasteiger partial charge in [-0.3, -0.25) is 0 Å². The average Bonchev–Trinajstić information content (AvgIpc) is 2.76. The van der Waals surface area contributed by atoms with Crippen molar-refractivity contribution in [2.24, 2.45) is 5.92 Å². The van der Waals surface area contributed by atoms with E-state index in [9.17, 15) is 4.39 Å². The summed E-state index contributed by atoms with van der Waals surface area (Å²) in [6.07, 6.45) is 0.821. The molecule has 0 spiro atoms. The van der Waals surface area contributed by atoms with Gasteiger partial charge in [-0.05, 0) is 19.4 Å². The van der Waals surface area contributed by atoms with E-state index >= 15 is 0 Å². The van der Waals surface area contributed by atoms with Crippen molar-refractivity contribution in [3.8, 4) is 0 Å². The molecule has 2 saturated heterocycles. The van der Waals surface area contributed by atoms with Crippen LogP contribution in [0.15, 0.2) is 24.3 Å². The molecular formula is C13H16FNO2. The quantitative estimate of drug-likeness (QED) is 0.810. The maximum atomic E-state index is 14.0. The zero-order valence-corrected chi connectivity index (χ0v) is 9.78. The lowest BCUT2D eigenvalue weighted by molar-refractivity contribution is -0.0536. The van der Waals surface area contributed by atoms with E-state index in [0.717, 1.165) is 6.42 Å². The molecule has 4 heteroatoms. The van der Waals surface area contributed by atoms with Crippen LogP contribution in [0.5, 0.6) is 0 Å². The highest BCUT2D eigenvalue weighted by Crippen LogP contribution is 2.43. The lowest BCUT2D eigenvalue weighted by Gasteiger charge is -2.41. The number of hydrogen-bond acceptors (Lipinski definition) is 3. The molecule has 1 N–H and O–H groups in total. The Morgan fingerprint density at radius 3 is 3.06 bits per heavy atom. The van der Waals surface area contributed by atoms with E-state index in [0.29, 0.717) is 18.8 Å². The van der Waals surface area contributed by atoms with Gasteiger partial charge in [-0.15, -0.1) is 0 Å². The van der Waals surface area contributed by atoms with Gasteiger partial charge in [0.25, 0.3) is 0 Å². The van der Waals surface area contributed by atoms with E-state index in [4.69, 9.17) is 9.57 Å². The topological polar surface area (TPSA) is 30.5 Å². The first kappa shape index (κ1) is 11.1. The van der Waals surface area contributed by atoms with Crippen molar-refractivity contribution in [2.75, 3.05) is 13.2 Å². The van der Waals surface area contributed by atoms with E-state index in [-0.39, 0.29) is 17.8 Å². The Bertz CT molecular complexity index is 426. The van der Waals surface area contributed by atoms with Crippen LogP contribution in [0.1, 0.15) is 18.9 Å². The SMILES string of the molecule is C[C@H]1OCC[C@]2(c3ccccc3F)NOC[C@H]12. The summed E-state index contributed by atoms with van der Waals surface area (Å²) in [5.41, 5.74) is 3.30. The van der Waals surface area contributed by atoms with E-state index in [1.54, 1.807) is 6.07 Å². The largest absolute Gasteiger partial charge is 0.378 e. The van der Waals surface area contributed by atoms with Gasteiger partial charge in [0, 0.05) is 18.1 Å². The van der Waals surface area contributed by atoms with Gasteiger partial charge in [-0.2, -0.15) is 5.48 Å². The van der Waals surface area contributed by atoms with Gasteiger partial charge in [-0.1, -0.05) is 18.2 Å². The van der Waals surface area contributed by atoms with Crippen molar-refractivity contribution in [1.82, 2.24) is 5.48 Å². The Morgan fingerprint density at radius 1 is 1.41 bits per heavy atom. The van der Waals surface area contributed by atoms with Crippen LogP contribution in [0.2, 0.25) is 0 Å². The maximum absolute atomic E-state index is 14.0. The van der Waals surface area contributed by atoms with Gasteiger partial charge in [0.1, 0.15) is 5.82 Å². The predicted octanol–water partition coefficient (Wildman–Crippen LogP) is 1.98. The number of rotatable bonds is 1. The van der Waals surface area contributed by atoms with Crippen molar-refractivity contribution < 1.29 is 14.0 Å². The van der Waals surface area contributed by atoms with Crippen LogP contribution in [0.4, 0.5) is 4.39 Å². The van der Waals surface area contributed by atoms with Crippen LogP contribution in [0, 0.1) is 11.7 Å². The molecule has 92 valence electrons. The summed E-state index contributed by atoms with van der Waals surface area (Å²) in [7, 11) is 0. The van der Waals surface area contributed by atoms with Crippen LogP contribution in [0.3, 0.4) is 0 Å². The Labute approximate surface area is 99.9 Å². The molecule has 17 heavy (non-hydrogen) atoms. The minimum atomic E-state index is -0.428. The Hall–Kier alpha value is -0.970. The molecule has 0 unspecified atom stereocenters. The highest BCUT2D eigenvalue weighted by atomic mass is 19.1. The number of hydrogen-bond donors (Lipinski definition) is 1. The van der Waals surface area contributed by atoms with Gasteiger partial charge >= 0.3 is 0 Å². The fraction of sp³-hybridized carbons (Fsp3) is 0.538. The van der Waals surface area contributed by atoms with Crippen LogP contribution >= 0.6 is 0 Å². The predicted molar refractivity (Wildman–Crippen MR) is 60.7 cm³/mol. The summed E-state index contributed by atoms with van der Waals surface area (Å²) in [6.45, 7) is 3.22. The minimum absolute atomic E-state index is 0.0818. The summed E-state index contributed by atoms with van der Waals surface area (Å²) < 4.78 is 19.6. The second-order valence-electron chi connectivity index (χ2n) is 4.80. The lowest BCUT2D eigenvalue weighted by Crippen LogP contribution is -2.51. The molecule has 2 aliphatic rings. The van der Waals surface area contributed by atoms with Crippen molar-refractivity contribution in [1.29, 1.82) is 0 Å². The Kier molecular flexibility index (Phi) is 2.65. The van der Waals surface area contributed by atoms with Gasteiger partial charge in [0.2, 0.25) is 0 Å². The van der Waals surface area contributed by atoms with Crippen molar-refractivity contribution >= 4 is 0 Å². The van der Waals surface area contributed by atoms with Gasteiger partial charge in [0.05, 0.1) is 18.2 Å². The zero-order chi connectivity index (χ0) is 11.9. The maximum Gasteiger partial charge on any atom is 0.128 e. The van der Waals surface area contributed by atoms with E-state index in [2.05, 4.69) is 5.48 Å². The van der Waals surface area contributed by atoms with E-state index in [1.807, 2.05) is 19.1 Å². The number of benzene rings is 1. The highest BCUT2D eigenvalue weighted by molar-refractivity contribution is 5.29. The first-order valence-electron chi connectivity index (χ1n) is 5.99.